The van der Waals surface area contributed by atoms with Gasteiger partial charge in [0.05, 0.1) is 0 Å². The Balaban J connectivity index is 1.56. The first-order chi connectivity index (χ1) is 14.6. The number of para-hydroxylation sites is 2. The van der Waals surface area contributed by atoms with E-state index in [1.807, 2.05) is 36.7 Å². The molecule has 2 N–H and O–H groups in total. The summed E-state index contributed by atoms with van der Waals surface area (Å²) in [5, 5.41) is 5.47. The predicted molar refractivity (Wildman–Crippen MR) is 129 cm³/mol. The molecule has 0 aliphatic rings. The number of benzene rings is 2. The van der Waals surface area contributed by atoms with Crippen LogP contribution >= 0.6 is 12.2 Å². The summed E-state index contributed by atoms with van der Waals surface area (Å²) >= 11 is 5.83. The van der Waals surface area contributed by atoms with Gasteiger partial charge in [0, 0.05) is 47.8 Å². The molecule has 0 saturated carbocycles. The molecule has 4 aromatic rings. The molecule has 0 radical (unpaired) electrons. The normalized spacial score (nSPS) is 10.9. The average Bonchev–Trinajstić information content (AvgIpc) is 3.08. The molecule has 0 aliphatic carbocycles. The van der Waals surface area contributed by atoms with Gasteiger partial charge in [-0.2, -0.15) is 0 Å². The fourth-order valence-electron chi connectivity index (χ4n) is 3.77. The zero-order valence-corrected chi connectivity index (χ0v) is 18.2. The molecule has 2 heterocycles. The molecule has 152 valence electrons. The van der Waals surface area contributed by atoms with Gasteiger partial charge in [-0.05, 0) is 73.4 Å². The highest BCUT2D eigenvalue weighted by atomic mass is 32.1. The van der Waals surface area contributed by atoms with E-state index in [0.717, 1.165) is 30.3 Å². The number of fused-ring (bicyclic) bond motifs is 1. The zero-order chi connectivity index (χ0) is 20.9. The van der Waals surface area contributed by atoms with E-state index in [-0.39, 0.29) is 0 Å². The van der Waals surface area contributed by atoms with Gasteiger partial charge in [0.25, 0.3) is 0 Å². The summed E-state index contributed by atoms with van der Waals surface area (Å²) < 4.78 is 0. The molecule has 0 aliphatic heterocycles. The Bertz CT molecular complexity index is 1150. The van der Waals surface area contributed by atoms with Crippen LogP contribution in [0.4, 0.5) is 5.69 Å². The third-order valence-electron chi connectivity index (χ3n) is 5.46. The number of pyridine rings is 1. The number of hydrogen-bond donors (Lipinski definition) is 2. The van der Waals surface area contributed by atoms with Crippen LogP contribution in [0.1, 0.15) is 22.4 Å². The van der Waals surface area contributed by atoms with Crippen molar-refractivity contribution in [3.8, 4) is 0 Å². The fraction of sp³-hybridized carbons (Fsp3) is 0.200. The topological polar surface area (TPSA) is 44.0 Å². The number of nitrogens with zero attached hydrogens (tertiary/aromatic N) is 2. The average molecular weight is 415 g/mol. The number of rotatable bonds is 6. The van der Waals surface area contributed by atoms with Crippen LogP contribution in [-0.2, 0) is 13.0 Å². The van der Waals surface area contributed by atoms with E-state index in [1.54, 1.807) is 0 Å². The molecule has 0 saturated heterocycles. The van der Waals surface area contributed by atoms with Crippen LogP contribution in [0, 0.1) is 13.8 Å². The molecule has 4 rings (SSSR count). The lowest BCUT2D eigenvalue weighted by Gasteiger charge is -2.26. The first kappa shape index (κ1) is 20.1. The Kier molecular flexibility index (Phi) is 6.10. The summed E-state index contributed by atoms with van der Waals surface area (Å²) in [6.07, 6.45) is 4.57. The molecule has 4 nitrogen and oxygen atoms in total. The van der Waals surface area contributed by atoms with E-state index in [2.05, 4.69) is 70.4 Å². The van der Waals surface area contributed by atoms with E-state index in [9.17, 15) is 0 Å². The molecule has 2 aromatic heterocycles. The molecule has 0 atom stereocenters. The smallest absolute Gasteiger partial charge is 0.173 e. The Morgan fingerprint density at radius 2 is 1.73 bits per heavy atom. The number of hydrogen-bond acceptors (Lipinski definition) is 2. The molecule has 5 heteroatoms. The Morgan fingerprint density at radius 3 is 2.53 bits per heavy atom. The molecule has 0 amide bonds. The van der Waals surface area contributed by atoms with Crippen LogP contribution in [0.2, 0.25) is 0 Å². The maximum Gasteiger partial charge on any atom is 0.173 e. The minimum absolute atomic E-state index is 0.735. The van der Waals surface area contributed by atoms with Gasteiger partial charge in [0.2, 0.25) is 0 Å². The lowest BCUT2D eigenvalue weighted by atomic mass is 10.1. The fourth-order valence-corrected chi connectivity index (χ4v) is 4.04. The Morgan fingerprint density at radius 1 is 1.00 bits per heavy atom. The monoisotopic (exact) mass is 414 g/mol. The van der Waals surface area contributed by atoms with Gasteiger partial charge in [-0.15, -0.1) is 0 Å². The Hall–Kier alpha value is -3.18. The van der Waals surface area contributed by atoms with Crippen molar-refractivity contribution in [1.82, 2.24) is 14.9 Å². The van der Waals surface area contributed by atoms with Crippen LogP contribution in [0.5, 0.6) is 0 Å². The standard InChI is InChI=1S/C25H26N4S/c1-18-7-3-5-9-23(18)28-25(30)29(17-20-11-14-26-15-12-20)16-13-21-19(2)27-24-10-6-4-8-22(21)24/h3-12,14-15,27H,13,16-17H2,1-2H3,(H,28,30). The highest BCUT2D eigenvalue weighted by molar-refractivity contribution is 7.80. The summed E-state index contributed by atoms with van der Waals surface area (Å²) in [6.45, 7) is 5.80. The molecule has 30 heavy (non-hydrogen) atoms. The highest BCUT2D eigenvalue weighted by Gasteiger charge is 2.15. The molecular formula is C25H26N4S. The van der Waals surface area contributed by atoms with Gasteiger partial charge in [0.1, 0.15) is 0 Å². The van der Waals surface area contributed by atoms with E-state index >= 15 is 0 Å². The van der Waals surface area contributed by atoms with Gasteiger partial charge in [-0.3, -0.25) is 4.98 Å². The molecule has 0 unspecified atom stereocenters. The number of thiocarbonyl (C=S) groups is 1. The summed E-state index contributed by atoms with van der Waals surface area (Å²) in [5.74, 6) is 0. The van der Waals surface area contributed by atoms with E-state index in [4.69, 9.17) is 12.2 Å². The molecular weight excluding hydrogens is 388 g/mol. The SMILES string of the molecule is Cc1ccccc1NC(=S)N(CCc1c(C)[nH]c2ccccc12)Cc1ccncc1. The van der Waals surface area contributed by atoms with Crippen molar-refractivity contribution in [1.29, 1.82) is 0 Å². The minimum atomic E-state index is 0.735. The lowest BCUT2D eigenvalue weighted by Crippen LogP contribution is -2.36. The quantitative estimate of drug-likeness (QED) is 0.402. The second-order valence-electron chi connectivity index (χ2n) is 7.55. The third kappa shape index (κ3) is 4.52. The molecule has 0 spiro atoms. The van der Waals surface area contributed by atoms with Gasteiger partial charge in [-0.25, -0.2) is 0 Å². The van der Waals surface area contributed by atoms with Crippen molar-refractivity contribution >= 4 is 33.9 Å². The van der Waals surface area contributed by atoms with Crippen LogP contribution in [0.3, 0.4) is 0 Å². The van der Waals surface area contributed by atoms with Crippen molar-refractivity contribution in [2.24, 2.45) is 0 Å². The summed E-state index contributed by atoms with van der Waals surface area (Å²) in [6, 6.07) is 20.8. The van der Waals surface area contributed by atoms with Gasteiger partial charge in [0.15, 0.2) is 5.11 Å². The highest BCUT2D eigenvalue weighted by Crippen LogP contribution is 2.23. The Labute approximate surface area is 183 Å². The van der Waals surface area contributed by atoms with Crippen molar-refractivity contribution in [3.05, 3.63) is 95.4 Å². The van der Waals surface area contributed by atoms with E-state index in [1.165, 1.54) is 33.3 Å². The van der Waals surface area contributed by atoms with Gasteiger partial charge < -0.3 is 15.2 Å². The lowest BCUT2D eigenvalue weighted by molar-refractivity contribution is 0.423. The summed E-state index contributed by atoms with van der Waals surface area (Å²) in [7, 11) is 0. The summed E-state index contributed by atoms with van der Waals surface area (Å²) in [5.41, 5.74) is 7.17. The van der Waals surface area contributed by atoms with Gasteiger partial charge >= 0.3 is 0 Å². The first-order valence-corrected chi connectivity index (χ1v) is 10.6. The van der Waals surface area contributed by atoms with Crippen molar-refractivity contribution in [2.75, 3.05) is 11.9 Å². The number of nitrogens with one attached hydrogen (secondary N) is 2. The van der Waals surface area contributed by atoms with Gasteiger partial charge in [-0.1, -0.05) is 36.4 Å². The largest absolute Gasteiger partial charge is 0.358 e. The maximum atomic E-state index is 5.83. The maximum absolute atomic E-state index is 5.83. The van der Waals surface area contributed by atoms with Crippen LogP contribution < -0.4 is 5.32 Å². The second-order valence-corrected chi connectivity index (χ2v) is 7.93. The van der Waals surface area contributed by atoms with Crippen molar-refractivity contribution in [3.63, 3.8) is 0 Å². The number of H-pyrrole nitrogens is 1. The third-order valence-corrected chi connectivity index (χ3v) is 5.82. The van der Waals surface area contributed by atoms with Crippen molar-refractivity contribution < 1.29 is 0 Å². The molecule has 2 aromatic carbocycles. The number of aryl methyl sites for hydroxylation is 2. The predicted octanol–water partition coefficient (Wildman–Crippen LogP) is 5.62. The number of anilines is 1. The summed E-state index contributed by atoms with van der Waals surface area (Å²) in [4.78, 5) is 9.87. The molecule has 0 bridgehead atoms. The zero-order valence-electron chi connectivity index (χ0n) is 17.4. The second kappa shape index (κ2) is 9.09. The minimum Gasteiger partial charge on any atom is -0.358 e. The van der Waals surface area contributed by atoms with Crippen LogP contribution in [-0.4, -0.2) is 26.5 Å². The van der Waals surface area contributed by atoms with Crippen LogP contribution in [0.15, 0.2) is 73.1 Å². The van der Waals surface area contributed by atoms with E-state index in [0.29, 0.717) is 0 Å². The number of aromatic amines is 1. The van der Waals surface area contributed by atoms with E-state index < -0.39 is 0 Å². The first-order valence-electron chi connectivity index (χ1n) is 10.2. The molecule has 0 fully saturated rings. The van der Waals surface area contributed by atoms with Crippen molar-refractivity contribution in [2.45, 2.75) is 26.8 Å². The van der Waals surface area contributed by atoms with Crippen LogP contribution in [0.25, 0.3) is 10.9 Å². The number of aromatic nitrogens is 2.